The first-order valence-electron chi connectivity index (χ1n) is 9.99. The molecule has 0 amide bonds. The number of halogens is 2. The van der Waals surface area contributed by atoms with Crippen LogP contribution in [0.25, 0.3) is 0 Å². The number of guanidine groups is 1. The third-order valence-corrected chi connectivity index (χ3v) is 4.51. The largest absolute Gasteiger partial charge is 0.493 e. The maximum absolute atomic E-state index is 13.8. The van der Waals surface area contributed by atoms with Crippen LogP contribution in [0, 0.1) is 12.7 Å². The number of benzene rings is 2. The predicted molar refractivity (Wildman–Crippen MR) is 133 cm³/mol. The van der Waals surface area contributed by atoms with Gasteiger partial charge in [-0.3, -0.25) is 4.99 Å². The fraction of sp³-hybridized carbons (Fsp3) is 0.435. The number of rotatable bonds is 11. The van der Waals surface area contributed by atoms with E-state index in [0.717, 1.165) is 28.9 Å². The zero-order valence-corrected chi connectivity index (χ0v) is 21.0. The molecule has 2 aromatic carbocycles. The number of hydrogen-bond donors (Lipinski definition) is 2. The quantitative estimate of drug-likeness (QED) is 0.192. The Hall–Kier alpha value is -1.91. The normalized spacial score (nSPS) is 11.1. The van der Waals surface area contributed by atoms with Crippen molar-refractivity contribution in [3.8, 4) is 5.75 Å². The van der Waals surface area contributed by atoms with Crippen molar-refractivity contribution in [1.82, 2.24) is 10.6 Å². The second kappa shape index (κ2) is 15.0. The van der Waals surface area contributed by atoms with Gasteiger partial charge in [-0.2, -0.15) is 0 Å². The van der Waals surface area contributed by atoms with E-state index in [4.69, 9.17) is 14.2 Å². The lowest BCUT2D eigenvalue weighted by molar-refractivity contribution is 0.171. The summed E-state index contributed by atoms with van der Waals surface area (Å²) in [5.74, 6) is 1.25. The van der Waals surface area contributed by atoms with Crippen LogP contribution in [0.4, 0.5) is 4.39 Å². The minimum Gasteiger partial charge on any atom is -0.493 e. The van der Waals surface area contributed by atoms with Gasteiger partial charge in [-0.05, 0) is 36.2 Å². The highest BCUT2D eigenvalue weighted by atomic mass is 127. The van der Waals surface area contributed by atoms with E-state index in [0.29, 0.717) is 37.8 Å². The molecule has 0 unspecified atom stereocenters. The second-order valence-electron chi connectivity index (χ2n) is 6.94. The molecular formula is C23H33FIN3O3. The summed E-state index contributed by atoms with van der Waals surface area (Å²) in [6, 6.07) is 11.2. The third kappa shape index (κ3) is 9.40. The van der Waals surface area contributed by atoms with Gasteiger partial charge < -0.3 is 24.8 Å². The number of nitrogens with one attached hydrogen (secondary N) is 2. The van der Waals surface area contributed by atoms with Crippen molar-refractivity contribution in [1.29, 1.82) is 0 Å². The molecule has 0 aliphatic heterocycles. The van der Waals surface area contributed by atoms with Crippen molar-refractivity contribution in [2.45, 2.75) is 33.0 Å². The molecule has 0 saturated carbocycles. The van der Waals surface area contributed by atoms with Crippen LogP contribution < -0.4 is 15.4 Å². The van der Waals surface area contributed by atoms with E-state index < -0.39 is 0 Å². The summed E-state index contributed by atoms with van der Waals surface area (Å²) in [5.41, 5.74) is 3.68. The van der Waals surface area contributed by atoms with Gasteiger partial charge in [0.2, 0.25) is 0 Å². The molecule has 6 nitrogen and oxygen atoms in total. The summed E-state index contributed by atoms with van der Waals surface area (Å²) in [6.45, 7) is 4.65. The Balaban J connectivity index is 0.00000480. The van der Waals surface area contributed by atoms with Gasteiger partial charge in [0.15, 0.2) is 5.96 Å². The first-order chi connectivity index (χ1) is 14.6. The van der Waals surface area contributed by atoms with Crippen molar-refractivity contribution in [3.63, 3.8) is 0 Å². The Morgan fingerprint density at radius 2 is 1.74 bits per heavy atom. The van der Waals surface area contributed by atoms with Crippen LogP contribution in [-0.2, 0) is 29.2 Å². The average Bonchev–Trinajstić information content (AvgIpc) is 2.74. The van der Waals surface area contributed by atoms with Gasteiger partial charge in [-0.1, -0.05) is 18.2 Å². The third-order valence-electron chi connectivity index (χ3n) is 4.51. The highest BCUT2D eigenvalue weighted by Crippen LogP contribution is 2.20. The van der Waals surface area contributed by atoms with Crippen LogP contribution in [0.3, 0.4) is 0 Å². The Morgan fingerprint density at radius 1 is 0.968 bits per heavy atom. The molecule has 0 aliphatic carbocycles. The first-order valence-corrected chi connectivity index (χ1v) is 9.99. The van der Waals surface area contributed by atoms with E-state index in [-0.39, 0.29) is 36.4 Å². The van der Waals surface area contributed by atoms with Crippen molar-refractivity contribution < 1.29 is 18.6 Å². The summed E-state index contributed by atoms with van der Waals surface area (Å²) in [6.07, 6.45) is 0.837. The van der Waals surface area contributed by atoms with E-state index in [1.807, 2.05) is 13.0 Å². The van der Waals surface area contributed by atoms with Gasteiger partial charge in [0, 0.05) is 58.5 Å². The molecule has 2 N–H and O–H groups in total. The molecule has 0 spiro atoms. The highest BCUT2D eigenvalue weighted by Gasteiger charge is 2.07. The Kier molecular flexibility index (Phi) is 13.1. The van der Waals surface area contributed by atoms with Crippen molar-refractivity contribution in [2.24, 2.45) is 4.99 Å². The molecule has 31 heavy (non-hydrogen) atoms. The molecule has 0 aliphatic rings. The van der Waals surface area contributed by atoms with Crippen molar-refractivity contribution in [2.75, 3.05) is 34.5 Å². The van der Waals surface area contributed by atoms with Gasteiger partial charge in [-0.25, -0.2) is 4.39 Å². The Labute approximate surface area is 201 Å². The maximum Gasteiger partial charge on any atom is 0.191 e. The van der Waals surface area contributed by atoms with Crippen LogP contribution in [0.2, 0.25) is 0 Å². The lowest BCUT2D eigenvalue weighted by Gasteiger charge is -2.16. The molecule has 2 rings (SSSR count). The van der Waals surface area contributed by atoms with Crippen LogP contribution >= 0.6 is 24.0 Å². The van der Waals surface area contributed by atoms with E-state index >= 15 is 0 Å². The minimum absolute atomic E-state index is 0. The van der Waals surface area contributed by atoms with Crippen LogP contribution in [0.15, 0.2) is 41.4 Å². The van der Waals surface area contributed by atoms with E-state index in [1.54, 1.807) is 33.4 Å². The molecule has 0 bridgehead atoms. The molecule has 172 valence electrons. The molecule has 0 fully saturated rings. The van der Waals surface area contributed by atoms with E-state index in [1.165, 1.54) is 6.07 Å². The van der Waals surface area contributed by atoms with Crippen LogP contribution in [0.5, 0.6) is 5.75 Å². The topological polar surface area (TPSA) is 64.1 Å². The second-order valence-corrected chi connectivity index (χ2v) is 6.94. The highest BCUT2D eigenvalue weighted by molar-refractivity contribution is 14.0. The van der Waals surface area contributed by atoms with Crippen molar-refractivity contribution in [3.05, 3.63) is 64.5 Å². The summed E-state index contributed by atoms with van der Waals surface area (Å²) < 4.78 is 29.8. The Morgan fingerprint density at radius 3 is 2.45 bits per heavy atom. The number of ether oxygens (including phenoxy) is 3. The average molecular weight is 545 g/mol. The standard InChI is InChI=1S/C23H32FN3O3.HI/c1-17-6-8-19(22(12-17)30-11-5-10-28-3)15-27-23(25-2)26-14-18-7-9-21(24)20(13-18)16-29-4;/h6-9,12-13H,5,10-11,14-16H2,1-4H3,(H2,25,26,27);1H. The monoisotopic (exact) mass is 545 g/mol. The fourth-order valence-corrected chi connectivity index (χ4v) is 2.92. The van der Waals surface area contributed by atoms with Gasteiger partial charge >= 0.3 is 0 Å². The van der Waals surface area contributed by atoms with Gasteiger partial charge in [0.05, 0.1) is 13.2 Å². The smallest absolute Gasteiger partial charge is 0.191 e. The van der Waals surface area contributed by atoms with E-state index in [2.05, 4.69) is 27.8 Å². The lowest BCUT2D eigenvalue weighted by atomic mass is 10.1. The molecule has 8 heteroatoms. The number of aryl methyl sites for hydroxylation is 1. The molecule has 0 saturated heterocycles. The van der Waals surface area contributed by atoms with Crippen LogP contribution in [-0.4, -0.2) is 40.4 Å². The zero-order valence-electron chi connectivity index (χ0n) is 18.7. The summed E-state index contributed by atoms with van der Waals surface area (Å²) in [4.78, 5) is 4.27. The molecule has 0 aromatic heterocycles. The predicted octanol–water partition coefficient (Wildman–Crippen LogP) is 4.18. The Bertz CT molecular complexity index is 834. The van der Waals surface area contributed by atoms with Gasteiger partial charge in [-0.15, -0.1) is 24.0 Å². The summed E-state index contributed by atoms with van der Waals surface area (Å²) in [5, 5.41) is 6.56. The van der Waals surface area contributed by atoms with E-state index in [9.17, 15) is 4.39 Å². The van der Waals surface area contributed by atoms with Gasteiger partial charge in [0.25, 0.3) is 0 Å². The maximum atomic E-state index is 13.8. The number of methoxy groups -OCH3 is 2. The van der Waals surface area contributed by atoms with Crippen LogP contribution in [0.1, 0.15) is 28.7 Å². The summed E-state index contributed by atoms with van der Waals surface area (Å²) in [7, 11) is 4.95. The number of aliphatic imine (C=N–C) groups is 1. The van der Waals surface area contributed by atoms with Crippen molar-refractivity contribution >= 4 is 29.9 Å². The zero-order chi connectivity index (χ0) is 21.8. The fourth-order valence-electron chi connectivity index (χ4n) is 2.92. The minimum atomic E-state index is -0.263. The molecule has 0 heterocycles. The first kappa shape index (κ1) is 27.1. The molecule has 0 atom stereocenters. The molecule has 0 radical (unpaired) electrons. The molecule has 2 aromatic rings. The summed E-state index contributed by atoms with van der Waals surface area (Å²) >= 11 is 0. The molecular weight excluding hydrogens is 512 g/mol. The lowest BCUT2D eigenvalue weighted by Crippen LogP contribution is -2.36. The number of hydrogen-bond acceptors (Lipinski definition) is 4. The SMILES string of the molecule is CN=C(NCc1ccc(F)c(COC)c1)NCc1ccc(C)cc1OCCCOC.I. The van der Waals surface area contributed by atoms with Gasteiger partial charge in [0.1, 0.15) is 11.6 Å². The number of nitrogens with zero attached hydrogens (tertiary/aromatic N) is 1.